The van der Waals surface area contributed by atoms with Crippen LogP contribution >= 0.6 is 0 Å². The minimum atomic E-state index is -2.17. The summed E-state index contributed by atoms with van der Waals surface area (Å²) in [6.45, 7) is 3.25. The molecular formula is C21H21O2PbS. The maximum absolute atomic E-state index is 9.64. The van der Waals surface area contributed by atoms with E-state index in [1.807, 2.05) is 0 Å². The van der Waals surface area contributed by atoms with Crippen LogP contribution in [0.5, 0.6) is 0 Å². The Hall–Kier alpha value is -1.57. The Balaban J connectivity index is 0.000000326. The molecule has 127 valence electrons. The average molecular weight is 545 g/mol. The second kappa shape index (κ2) is 11.1. The number of benzene rings is 3. The van der Waals surface area contributed by atoms with E-state index in [1.165, 1.54) is 6.08 Å². The van der Waals surface area contributed by atoms with Gasteiger partial charge in [-0.3, -0.25) is 0 Å². The van der Waals surface area contributed by atoms with E-state index in [1.54, 1.807) is 9.37 Å². The monoisotopic (exact) mass is 545 g/mol. The standard InChI is InChI=1S/3C6H5.C3H6O2S.Pb/c3*1-2-4-6-5-3-1;1-2-3-6(4)5;/h3*1-5H;2H,1,3H2,(H,4,5);. The normalized spacial score (nSPS) is 11.3. The summed E-state index contributed by atoms with van der Waals surface area (Å²) < 4.78 is 22.2. The van der Waals surface area contributed by atoms with Crippen LogP contribution in [0.4, 0.5) is 0 Å². The molecule has 1 unspecified atom stereocenters. The Kier molecular flexibility index (Phi) is 8.79. The summed E-state index contributed by atoms with van der Waals surface area (Å²) in [5.41, 5.74) is 0. The fourth-order valence-electron chi connectivity index (χ4n) is 2.42. The molecule has 3 aromatic rings. The Morgan fingerprint density at radius 2 is 1.08 bits per heavy atom. The van der Waals surface area contributed by atoms with Gasteiger partial charge in [-0.15, -0.1) is 6.58 Å². The molecule has 3 aromatic carbocycles. The maximum atomic E-state index is 9.64. The topological polar surface area (TPSA) is 37.3 Å². The number of hydrogen-bond donors (Lipinski definition) is 1. The molecular weight excluding hydrogens is 523 g/mol. The molecule has 0 amide bonds. The average Bonchev–Trinajstić information content (AvgIpc) is 2.65. The fraction of sp³-hybridized carbons (Fsp3) is 0.0476. The van der Waals surface area contributed by atoms with Crippen LogP contribution in [-0.4, -0.2) is 37.2 Å². The quantitative estimate of drug-likeness (QED) is 0.305. The molecule has 1 radical (unpaired) electrons. The van der Waals surface area contributed by atoms with Gasteiger partial charge in [0, 0.05) is 0 Å². The van der Waals surface area contributed by atoms with Gasteiger partial charge in [-0.25, -0.2) is 4.21 Å². The molecule has 1 N–H and O–H groups in total. The van der Waals surface area contributed by atoms with E-state index in [4.69, 9.17) is 4.55 Å². The Bertz CT molecular complexity index is 683. The molecule has 25 heavy (non-hydrogen) atoms. The van der Waals surface area contributed by atoms with Gasteiger partial charge < -0.3 is 4.55 Å². The van der Waals surface area contributed by atoms with Crippen LogP contribution in [0.1, 0.15) is 0 Å². The van der Waals surface area contributed by atoms with Crippen LogP contribution < -0.4 is 9.37 Å². The molecule has 4 heteroatoms. The van der Waals surface area contributed by atoms with Crippen LogP contribution in [0.2, 0.25) is 0 Å². The van der Waals surface area contributed by atoms with Crippen molar-refractivity contribution < 1.29 is 8.76 Å². The third kappa shape index (κ3) is 6.68. The van der Waals surface area contributed by atoms with Gasteiger partial charge in [0.2, 0.25) is 0 Å². The van der Waals surface area contributed by atoms with E-state index in [0.717, 1.165) is 0 Å². The summed E-state index contributed by atoms with van der Waals surface area (Å²) in [7, 11) is 0. The summed E-state index contributed by atoms with van der Waals surface area (Å²) in [6, 6.07) is 33.0. The first-order chi connectivity index (χ1) is 12.2. The summed E-state index contributed by atoms with van der Waals surface area (Å²) in [5.74, 6) is 0.167. The molecule has 0 saturated carbocycles. The predicted octanol–water partition coefficient (Wildman–Crippen LogP) is 2.60. The van der Waals surface area contributed by atoms with E-state index in [-0.39, 0.29) is 5.75 Å². The first-order valence-electron chi connectivity index (χ1n) is 7.94. The Labute approximate surface area is 160 Å². The van der Waals surface area contributed by atoms with Crippen molar-refractivity contribution in [2.75, 3.05) is 5.75 Å². The van der Waals surface area contributed by atoms with Gasteiger partial charge in [0.05, 0.1) is 5.75 Å². The van der Waals surface area contributed by atoms with Crippen LogP contribution in [0, 0.1) is 0 Å². The SMILES string of the molecule is C=CCS(=O)O.c1cc[c]([Pb]([c]2ccccc2)[c]2ccccc2)cc1. The summed E-state index contributed by atoms with van der Waals surface area (Å²) in [6.07, 6.45) is 1.40. The van der Waals surface area contributed by atoms with Crippen molar-refractivity contribution in [3.8, 4) is 0 Å². The van der Waals surface area contributed by atoms with E-state index in [0.29, 0.717) is 0 Å². The van der Waals surface area contributed by atoms with Crippen molar-refractivity contribution in [3.05, 3.63) is 104 Å². The van der Waals surface area contributed by atoms with E-state index in [2.05, 4.69) is 97.6 Å². The van der Waals surface area contributed by atoms with Crippen molar-refractivity contribution in [1.82, 2.24) is 0 Å². The van der Waals surface area contributed by atoms with Crippen LogP contribution in [-0.2, 0) is 11.1 Å². The van der Waals surface area contributed by atoms with Crippen molar-refractivity contribution in [3.63, 3.8) is 0 Å². The minimum absolute atomic E-state index is 0.167. The Morgan fingerprint density at radius 3 is 1.28 bits per heavy atom. The third-order valence-electron chi connectivity index (χ3n) is 3.45. The fourth-order valence-corrected chi connectivity index (χ4v) is 12.6. The number of rotatable bonds is 5. The molecule has 2 nitrogen and oxygen atoms in total. The summed E-state index contributed by atoms with van der Waals surface area (Å²) in [4.78, 5) is 0. The molecule has 0 aliphatic carbocycles. The van der Waals surface area contributed by atoms with Gasteiger partial charge in [-0.2, -0.15) is 0 Å². The molecule has 3 rings (SSSR count). The van der Waals surface area contributed by atoms with Gasteiger partial charge in [0.15, 0.2) is 11.1 Å². The second-order valence-corrected chi connectivity index (χ2v) is 15.9. The van der Waals surface area contributed by atoms with Crippen molar-refractivity contribution in [2.24, 2.45) is 0 Å². The predicted molar refractivity (Wildman–Crippen MR) is 110 cm³/mol. The van der Waals surface area contributed by atoms with Gasteiger partial charge in [-0.05, 0) is 0 Å². The van der Waals surface area contributed by atoms with Gasteiger partial charge in [0.25, 0.3) is 0 Å². The molecule has 1 atom stereocenters. The molecule has 0 aliphatic rings. The zero-order chi connectivity index (χ0) is 17.9. The van der Waals surface area contributed by atoms with Crippen molar-refractivity contribution in [1.29, 1.82) is 0 Å². The molecule has 0 heterocycles. The molecule has 0 spiro atoms. The second-order valence-electron chi connectivity index (χ2n) is 5.25. The van der Waals surface area contributed by atoms with Crippen molar-refractivity contribution in [2.45, 2.75) is 0 Å². The van der Waals surface area contributed by atoms with E-state index in [9.17, 15) is 4.21 Å². The number of hydrogen-bond acceptors (Lipinski definition) is 1. The molecule has 0 aromatic heterocycles. The van der Waals surface area contributed by atoms with Crippen LogP contribution in [0.25, 0.3) is 0 Å². The first kappa shape index (κ1) is 19.8. The van der Waals surface area contributed by atoms with Gasteiger partial charge in [-0.1, -0.05) is 6.08 Å². The zero-order valence-corrected chi connectivity index (χ0v) is 18.6. The molecule has 0 saturated heterocycles. The van der Waals surface area contributed by atoms with Gasteiger partial charge in [0.1, 0.15) is 0 Å². The van der Waals surface area contributed by atoms with Gasteiger partial charge >= 0.3 is 123 Å². The van der Waals surface area contributed by atoms with E-state index >= 15 is 0 Å². The van der Waals surface area contributed by atoms with Crippen LogP contribution in [0.15, 0.2) is 104 Å². The third-order valence-corrected chi connectivity index (χ3v) is 14.6. The first-order valence-corrected chi connectivity index (χ1v) is 15.0. The molecule has 0 bridgehead atoms. The van der Waals surface area contributed by atoms with Crippen molar-refractivity contribution >= 4 is 43.2 Å². The summed E-state index contributed by atoms with van der Waals surface area (Å²) >= 11 is -3.86. The zero-order valence-electron chi connectivity index (χ0n) is 13.9. The summed E-state index contributed by atoms with van der Waals surface area (Å²) in [5, 5.41) is 0. The molecule has 0 fully saturated rings. The van der Waals surface area contributed by atoms with Crippen LogP contribution in [0.3, 0.4) is 0 Å². The van der Waals surface area contributed by atoms with E-state index < -0.39 is 33.8 Å². The molecule has 0 aliphatic heterocycles. The Morgan fingerprint density at radius 1 is 0.760 bits per heavy atom.